The number of aliphatic carboxylic acids is 1. The number of rotatable bonds is 3. The van der Waals surface area contributed by atoms with Gasteiger partial charge in [-0.15, -0.1) is 11.3 Å². The second-order valence-corrected chi connectivity index (χ2v) is 7.19. The van der Waals surface area contributed by atoms with Gasteiger partial charge in [-0.3, -0.25) is 14.7 Å². The Labute approximate surface area is 133 Å². The van der Waals surface area contributed by atoms with Gasteiger partial charge in [0.1, 0.15) is 11.6 Å². The van der Waals surface area contributed by atoms with E-state index in [1.54, 1.807) is 32.5 Å². The van der Waals surface area contributed by atoms with Crippen molar-refractivity contribution in [2.45, 2.75) is 39.0 Å². The molecule has 122 valence electrons. The Morgan fingerprint density at radius 1 is 1.45 bits per heavy atom. The SMILES string of the molecule is CC(C)(C)OC(=O)N1CCN(Cc2cncs2)C(C(=O)O)C1. The van der Waals surface area contributed by atoms with Crippen molar-refractivity contribution in [2.75, 3.05) is 19.6 Å². The van der Waals surface area contributed by atoms with Gasteiger partial charge in [-0.2, -0.15) is 0 Å². The first kappa shape index (κ1) is 16.7. The van der Waals surface area contributed by atoms with Crippen LogP contribution in [0, 0.1) is 0 Å². The number of nitrogens with zero attached hydrogens (tertiary/aromatic N) is 3. The zero-order valence-corrected chi connectivity index (χ0v) is 13.8. The van der Waals surface area contributed by atoms with E-state index in [4.69, 9.17) is 4.74 Å². The number of aromatic nitrogens is 1. The van der Waals surface area contributed by atoms with Crippen molar-refractivity contribution in [3.05, 3.63) is 16.6 Å². The average Bonchev–Trinajstić information content (AvgIpc) is 2.89. The number of thiazole rings is 1. The lowest BCUT2D eigenvalue weighted by molar-refractivity contribution is -0.145. The lowest BCUT2D eigenvalue weighted by atomic mass is 10.1. The minimum absolute atomic E-state index is 0.128. The van der Waals surface area contributed by atoms with Gasteiger partial charge in [0.2, 0.25) is 0 Å². The summed E-state index contributed by atoms with van der Waals surface area (Å²) in [7, 11) is 0. The Balaban J connectivity index is 2.01. The number of carbonyl (C=O) groups is 2. The van der Waals surface area contributed by atoms with Crippen LogP contribution in [0.4, 0.5) is 4.79 Å². The summed E-state index contributed by atoms with van der Waals surface area (Å²) in [5, 5.41) is 9.44. The van der Waals surface area contributed by atoms with Gasteiger partial charge in [-0.25, -0.2) is 4.79 Å². The molecule has 1 aliphatic heterocycles. The fraction of sp³-hybridized carbons (Fsp3) is 0.643. The lowest BCUT2D eigenvalue weighted by Gasteiger charge is -2.39. The molecule has 1 saturated heterocycles. The molecule has 2 heterocycles. The molecule has 0 aromatic carbocycles. The number of hydrogen-bond donors (Lipinski definition) is 1. The van der Waals surface area contributed by atoms with Crippen molar-refractivity contribution < 1.29 is 19.4 Å². The molecule has 1 aromatic rings. The molecule has 0 radical (unpaired) electrons. The third-order valence-corrected chi connectivity index (χ3v) is 4.03. The Morgan fingerprint density at radius 3 is 2.73 bits per heavy atom. The third kappa shape index (κ3) is 4.41. The predicted molar refractivity (Wildman–Crippen MR) is 81.8 cm³/mol. The molecule has 2 rings (SSSR count). The largest absolute Gasteiger partial charge is 0.480 e. The third-order valence-electron chi connectivity index (χ3n) is 3.27. The highest BCUT2D eigenvalue weighted by molar-refractivity contribution is 7.09. The van der Waals surface area contributed by atoms with Crippen molar-refractivity contribution in [1.82, 2.24) is 14.8 Å². The highest BCUT2D eigenvalue weighted by Gasteiger charge is 2.35. The van der Waals surface area contributed by atoms with E-state index in [9.17, 15) is 14.7 Å². The summed E-state index contributed by atoms with van der Waals surface area (Å²) in [6, 6.07) is -0.733. The molecule has 1 amide bonds. The molecule has 1 aromatic heterocycles. The van der Waals surface area contributed by atoms with E-state index in [2.05, 4.69) is 4.98 Å². The molecule has 0 saturated carbocycles. The van der Waals surface area contributed by atoms with E-state index in [1.165, 1.54) is 16.2 Å². The van der Waals surface area contributed by atoms with Crippen LogP contribution in [0.1, 0.15) is 25.6 Å². The molecule has 0 bridgehead atoms. The molecular weight excluding hydrogens is 306 g/mol. The van der Waals surface area contributed by atoms with E-state index in [0.717, 1.165) is 4.88 Å². The van der Waals surface area contributed by atoms with E-state index in [0.29, 0.717) is 19.6 Å². The Kier molecular flexibility index (Phi) is 5.02. The van der Waals surface area contributed by atoms with E-state index >= 15 is 0 Å². The highest BCUT2D eigenvalue weighted by atomic mass is 32.1. The maximum atomic E-state index is 12.1. The Hall–Kier alpha value is -1.67. The molecule has 8 heteroatoms. The molecule has 1 aliphatic rings. The van der Waals surface area contributed by atoms with Crippen LogP contribution in [-0.2, 0) is 16.1 Å². The van der Waals surface area contributed by atoms with Crippen LogP contribution < -0.4 is 0 Å². The summed E-state index contributed by atoms with van der Waals surface area (Å²) in [4.78, 5) is 31.9. The van der Waals surface area contributed by atoms with Crippen LogP contribution >= 0.6 is 11.3 Å². The topological polar surface area (TPSA) is 83.0 Å². The van der Waals surface area contributed by atoms with Crippen LogP contribution in [-0.4, -0.2) is 63.2 Å². The van der Waals surface area contributed by atoms with Gasteiger partial charge in [0.25, 0.3) is 0 Å². The van der Waals surface area contributed by atoms with Crippen molar-refractivity contribution >= 4 is 23.4 Å². The molecular formula is C14H21N3O4S. The first-order valence-electron chi connectivity index (χ1n) is 7.08. The van der Waals surface area contributed by atoms with Gasteiger partial charge < -0.3 is 14.7 Å². The minimum atomic E-state index is -0.933. The van der Waals surface area contributed by atoms with Gasteiger partial charge in [-0.05, 0) is 20.8 Å². The maximum absolute atomic E-state index is 12.1. The number of carboxylic acids is 1. The Morgan fingerprint density at radius 2 is 2.18 bits per heavy atom. The van der Waals surface area contributed by atoms with Crippen molar-refractivity contribution in [1.29, 1.82) is 0 Å². The molecule has 1 unspecified atom stereocenters. The van der Waals surface area contributed by atoms with Gasteiger partial charge in [0.05, 0.1) is 12.1 Å². The highest BCUT2D eigenvalue weighted by Crippen LogP contribution is 2.18. The smallest absolute Gasteiger partial charge is 0.410 e. The zero-order valence-electron chi connectivity index (χ0n) is 13.0. The first-order valence-corrected chi connectivity index (χ1v) is 7.96. The summed E-state index contributed by atoms with van der Waals surface area (Å²) in [5.74, 6) is -0.933. The predicted octanol–water partition coefficient (Wildman–Crippen LogP) is 1.65. The number of piperazine rings is 1. The quantitative estimate of drug-likeness (QED) is 0.909. The van der Waals surface area contributed by atoms with Crippen molar-refractivity contribution in [3.8, 4) is 0 Å². The second kappa shape index (κ2) is 6.62. The average molecular weight is 327 g/mol. The van der Waals surface area contributed by atoms with Crippen LogP contribution in [0.2, 0.25) is 0 Å². The van der Waals surface area contributed by atoms with Crippen LogP contribution in [0.3, 0.4) is 0 Å². The van der Waals surface area contributed by atoms with E-state index in [-0.39, 0.29) is 6.54 Å². The summed E-state index contributed by atoms with van der Waals surface area (Å²) in [6.07, 6.45) is 1.28. The maximum Gasteiger partial charge on any atom is 0.410 e. The van der Waals surface area contributed by atoms with Gasteiger partial charge in [0, 0.05) is 30.7 Å². The number of amides is 1. The fourth-order valence-corrected chi connectivity index (χ4v) is 2.88. The van der Waals surface area contributed by atoms with Gasteiger partial charge >= 0.3 is 12.1 Å². The van der Waals surface area contributed by atoms with Crippen LogP contribution in [0.15, 0.2) is 11.7 Å². The molecule has 1 atom stereocenters. The monoisotopic (exact) mass is 327 g/mol. The van der Waals surface area contributed by atoms with Gasteiger partial charge in [0.15, 0.2) is 0 Å². The van der Waals surface area contributed by atoms with Crippen molar-refractivity contribution in [3.63, 3.8) is 0 Å². The van der Waals surface area contributed by atoms with Crippen molar-refractivity contribution in [2.24, 2.45) is 0 Å². The zero-order chi connectivity index (χ0) is 16.3. The summed E-state index contributed by atoms with van der Waals surface area (Å²) >= 11 is 1.49. The number of carbonyl (C=O) groups excluding carboxylic acids is 1. The second-order valence-electron chi connectivity index (χ2n) is 6.22. The number of hydrogen-bond acceptors (Lipinski definition) is 6. The number of ether oxygens (including phenoxy) is 1. The summed E-state index contributed by atoms with van der Waals surface area (Å²) in [6.45, 7) is 6.98. The molecule has 1 fully saturated rings. The first-order chi connectivity index (χ1) is 10.3. The molecule has 0 aliphatic carbocycles. The fourth-order valence-electron chi connectivity index (χ4n) is 2.26. The van der Waals surface area contributed by atoms with Crippen LogP contribution in [0.25, 0.3) is 0 Å². The van der Waals surface area contributed by atoms with E-state index in [1.807, 2.05) is 4.90 Å². The van der Waals surface area contributed by atoms with Gasteiger partial charge in [-0.1, -0.05) is 0 Å². The standard InChI is InChI=1S/C14H21N3O4S/c1-14(2,3)21-13(20)17-5-4-16(11(8-17)12(18)19)7-10-6-15-9-22-10/h6,9,11H,4-5,7-8H2,1-3H3,(H,18,19). The summed E-state index contributed by atoms with van der Waals surface area (Å²) in [5.41, 5.74) is 1.14. The lowest BCUT2D eigenvalue weighted by Crippen LogP contribution is -2.57. The Bertz CT molecular complexity index is 527. The normalized spacial score (nSPS) is 20.0. The summed E-state index contributed by atoms with van der Waals surface area (Å²) < 4.78 is 5.31. The van der Waals surface area contributed by atoms with Crippen LogP contribution in [0.5, 0.6) is 0 Å². The number of carboxylic acid groups (broad SMARTS) is 1. The molecule has 7 nitrogen and oxygen atoms in total. The molecule has 0 spiro atoms. The molecule has 1 N–H and O–H groups in total. The van der Waals surface area contributed by atoms with E-state index < -0.39 is 23.7 Å². The molecule has 22 heavy (non-hydrogen) atoms. The minimum Gasteiger partial charge on any atom is -0.480 e.